The molecule has 0 saturated carbocycles. The van der Waals surface area contributed by atoms with Gasteiger partial charge in [0, 0.05) is 27.6 Å². The van der Waals surface area contributed by atoms with Crippen LogP contribution >= 0.6 is 46.6 Å². The fourth-order valence-corrected chi connectivity index (χ4v) is 4.95. The Balaban J connectivity index is 1.51. The summed E-state index contributed by atoms with van der Waals surface area (Å²) in [5.41, 5.74) is 4.48. The van der Waals surface area contributed by atoms with Gasteiger partial charge in [0.1, 0.15) is 12.4 Å². The normalized spacial score (nSPS) is 14.3. The van der Waals surface area contributed by atoms with Crippen LogP contribution in [0.15, 0.2) is 52.8 Å². The van der Waals surface area contributed by atoms with Gasteiger partial charge in [0.25, 0.3) is 0 Å². The fraction of sp³-hybridized carbons (Fsp3) is 0.280. The van der Waals surface area contributed by atoms with Gasteiger partial charge in [-0.05, 0) is 31.2 Å². The quantitative estimate of drug-likeness (QED) is 0.133. The number of ketones is 1. The largest absolute Gasteiger partial charge is 0.485 e. The van der Waals surface area contributed by atoms with Crippen LogP contribution in [0.5, 0.6) is 5.75 Å². The number of hydrogen-bond donors (Lipinski definition) is 1. The van der Waals surface area contributed by atoms with Crippen molar-refractivity contribution in [1.82, 2.24) is 14.9 Å². The van der Waals surface area contributed by atoms with Crippen molar-refractivity contribution in [2.75, 3.05) is 23.7 Å². The summed E-state index contributed by atoms with van der Waals surface area (Å²) in [7, 11) is 0. The van der Waals surface area contributed by atoms with E-state index in [0.29, 0.717) is 33.5 Å². The molecular weight excluding hydrogens is 605 g/mol. The van der Waals surface area contributed by atoms with Gasteiger partial charge in [-0.3, -0.25) is 19.8 Å². The lowest BCUT2D eigenvalue weighted by Gasteiger charge is -2.13. The molecule has 1 amide bonds. The predicted molar refractivity (Wildman–Crippen MR) is 150 cm³/mol. The SMILES string of the molecule is CCOC(=O)CSc1nnc(COc2ccccc2C2=NOC(c3ccc(Cl)cc3Cl)C2)n1NC(=O)C(=O)CCl. The Morgan fingerprint density at radius 1 is 1.18 bits per heavy atom. The van der Waals surface area contributed by atoms with Crippen LogP contribution in [-0.2, 0) is 30.6 Å². The number of benzene rings is 2. The number of amides is 1. The third-order valence-corrected chi connectivity index (χ3v) is 7.15. The zero-order chi connectivity index (χ0) is 28.6. The molecule has 0 saturated heterocycles. The number of carbonyl (C=O) groups excluding carboxylic acids is 3. The second-order valence-corrected chi connectivity index (χ2v) is 10.2. The van der Waals surface area contributed by atoms with Crippen molar-refractivity contribution in [3.63, 3.8) is 0 Å². The Kier molecular flexibility index (Phi) is 10.3. The maximum Gasteiger partial charge on any atom is 0.316 e. The zero-order valence-electron chi connectivity index (χ0n) is 20.9. The summed E-state index contributed by atoms with van der Waals surface area (Å²) in [6.07, 6.45) is 0.0351. The number of nitrogens with zero attached hydrogens (tertiary/aromatic N) is 4. The highest BCUT2D eigenvalue weighted by atomic mass is 35.5. The monoisotopic (exact) mass is 625 g/mol. The number of Topliss-reactive ketones (excluding diaryl/α,β-unsaturated/α-hetero) is 1. The molecule has 1 aliphatic rings. The average Bonchev–Trinajstić information content (AvgIpc) is 3.58. The van der Waals surface area contributed by atoms with Gasteiger partial charge in [0.2, 0.25) is 10.9 Å². The fourth-order valence-electron chi connectivity index (χ4n) is 3.59. The minimum absolute atomic E-state index is 0.0897. The summed E-state index contributed by atoms with van der Waals surface area (Å²) in [5, 5.41) is 13.5. The number of oxime groups is 1. The van der Waals surface area contributed by atoms with Gasteiger partial charge in [-0.25, -0.2) is 4.68 Å². The Labute approximate surface area is 248 Å². The number of carbonyl (C=O) groups is 3. The van der Waals surface area contributed by atoms with Gasteiger partial charge in [0.15, 0.2) is 11.9 Å². The van der Waals surface area contributed by atoms with Gasteiger partial charge in [0.05, 0.1) is 24.0 Å². The first-order valence-corrected chi connectivity index (χ1v) is 14.1. The first-order chi connectivity index (χ1) is 19.3. The van der Waals surface area contributed by atoms with Gasteiger partial charge < -0.3 is 14.3 Å². The molecule has 0 fully saturated rings. The van der Waals surface area contributed by atoms with E-state index in [2.05, 4.69) is 20.8 Å². The summed E-state index contributed by atoms with van der Waals surface area (Å²) < 4.78 is 12.1. The molecule has 2 heterocycles. The molecule has 3 aromatic rings. The second kappa shape index (κ2) is 13.8. The number of alkyl halides is 1. The molecule has 1 aliphatic heterocycles. The highest BCUT2D eigenvalue weighted by Gasteiger charge is 2.28. The molecule has 4 rings (SSSR count). The van der Waals surface area contributed by atoms with Crippen molar-refractivity contribution >= 4 is 69.9 Å². The zero-order valence-corrected chi connectivity index (χ0v) is 24.0. The summed E-state index contributed by atoms with van der Waals surface area (Å²) >= 11 is 18.8. The standard InChI is InChI=1S/C25H22Cl3N5O6S/c1-2-37-23(35)13-40-25-30-29-22(33(25)31-24(36)19(34)11-26)12-38-20-6-4-3-5-16(20)18-10-21(39-32-18)15-8-7-14(27)9-17(15)28/h3-9,21H,2,10-13H2,1H3,(H,31,36). The first-order valence-electron chi connectivity index (χ1n) is 11.8. The van der Waals surface area contributed by atoms with Crippen LogP contribution in [0.25, 0.3) is 0 Å². The lowest BCUT2D eigenvalue weighted by atomic mass is 9.99. The highest BCUT2D eigenvalue weighted by Crippen LogP contribution is 2.36. The van der Waals surface area contributed by atoms with Gasteiger partial charge in [-0.15, -0.1) is 21.8 Å². The van der Waals surface area contributed by atoms with Gasteiger partial charge >= 0.3 is 11.9 Å². The lowest BCUT2D eigenvalue weighted by molar-refractivity contribution is -0.139. The second-order valence-electron chi connectivity index (χ2n) is 8.11. The highest BCUT2D eigenvalue weighted by molar-refractivity contribution is 7.99. The number of rotatable bonds is 12. The summed E-state index contributed by atoms with van der Waals surface area (Å²) in [5.74, 6) is -2.28. The Morgan fingerprint density at radius 3 is 2.73 bits per heavy atom. The predicted octanol–water partition coefficient (Wildman–Crippen LogP) is 4.56. The van der Waals surface area contributed by atoms with Gasteiger partial charge in [-0.1, -0.05) is 58.3 Å². The molecule has 0 spiro atoms. The van der Waals surface area contributed by atoms with Crippen LogP contribution in [0.2, 0.25) is 10.0 Å². The lowest BCUT2D eigenvalue weighted by Crippen LogP contribution is -2.32. The third-order valence-electron chi connectivity index (χ3n) is 5.45. The van der Waals surface area contributed by atoms with Crippen molar-refractivity contribution in [2.45, 2.75) is 31.2 Å². The van der Waals surface area contributed by atoms with E-state index in [-0.39, 0.29) is 29.9 Å². The molecule has 1 N–H and O–H groups in total. The number of thioether (sulfide) groups is 1. The number of aromatic nitrogens is 3. The van der Waals surface area contributed by atoms with E-state index >= 15 is 0 Å². The number of halogens is 3. The number of hydrogen-bond acceptors (Lipinski definition) is 10. The van der Waals surface area contributed by atoms with Crippen LogP contribution < -0.4 is 10.2 Å². The maximum absolute atomic E-state index is 12.3. The van der Waals surface area contributed by atoms with E-state index in [1.165, 1.54) is 4.68 Å². The average molecular weight is 627 g/mol. The topological polar surface area (TPSA) is 134 Å². The number of nitrogens with one attached hydrogen (secondary N) is 1. The van der Waals surface area contributed by atoms with E-state index in [9.17, 15) is 14.4 Å². The molecule has 40 heavy (non-hydrogen) atoms. The van der Waals surface area contributed by atoms with Crippen LogP contribution in [0.3, 0.4) is 0 Å². The first kappa shape index (κ1) is 29.7. The van der Waals surface area contributed by atoms with Gasteiger partial charge in [-0.2, -0.15) is 0 Å². The molecule has 15 heteroatoms. The molecule has 210 valence electrons. The van der Waals surface area contributed by atoms with Crippen molar-refractivity contribution in [1.29, 1.82) is 0 Å². The molecule has 0 radical (unpaired) electrons. The van der Waals surface area contributed by atoms with Crippen molar-refractivity contribution in [3.05, 3.63) is 69.5 Å². The van der Waals surface area contributed by atoms with Crippen LogP contribution in [0.4, 0.5) is 0 Å². The molecule has 1 unspecified atom stereocenters. The maximum atomic E-state index is 12.3. The molecule has 0 aliphatic carbocycles. The molecule has 0 bridgehead atoms. The number of ether oxygens (including phenoxy) is 2. The molecular formula is C25H22Cl3N5O6S. The summed E-state index contributed by atoms with van der Waals surface area (Å²) in [6.45, 7) is 1.75. The van der Waals surface area contributed by atoms with Crippen LogP contribution in [0, 0.1) is 0 Å². The minimum atomic E-state index is -0.973. The van der Waals surface area contributed by atoms with Crippen LogP contribution in [-0.4, -0.2) is 56.5 Å². The smallest absolute Gasteiger partial charge is 0.316 e. The third kappa shape index (κ3) is 7.25. The molecule has 2 aromatic carbocycles. The summed E-state index contributed by atoms with van der Waals surface area (Å²) in [6, 6.07) is 12.4. The Morgan fingerprint density at radius 2 is 1.98 bits per heavy atom. The number of para-hydroxylation sites is 1. The summed E-state index contributed by atoms with van der Waals surface area (Å²) in [4.78, 5) is 41.5. The van der Waals surface area contributed by atoms with E-state index in [4.69, 9.17) is 49.1 Å². The van der Waals surface area contributed by atoms with E-state index < -0.39 is 29.6 Å². The Bertz CT molecular complexity index is 1450. The van der Waals surface area contributed by atoms with E-state index in [1.54, 1.807) is 37.3 Å². The molecule has 1 aromatic heterocycles. The van der Waals surface area contributed by atoms with Crippen LogP contribution in [0.1, 0.15) is 36.4 Å². The minimum Gasteiger partial charge on any atom is -0.485 e. The van der Waals surface area contributed by atoms with E-state index in [0.717, 1.165) is 17.3 Å². The van der Waals surface area contributed by atoms with E-state index in [1.807, 2.05) is 12.1 Å². The Hall–Kier alpha value is -3.32. The van der Waals surface area contributed by atoms with Crippen molar-refractivity contribution in [3.8, 4) is 5.75 Å². The van der Waals surface area contributed by atoms with Crippen molar-refractivity contribution < 1.29 is 28.7 Å². The number of esters is 1. The van der Waals surface area contributed by atoms with Crippen molar-refractivity contribution in [2.24, 2.45) is 5.16 Å². The molecule has 1 atom stereocenters. The molecule has 11 nitrogen and oxygen atoms in total.